The van der Waals surface area contributed by atoms with Crippen LogP contribution in [0, 0.1) is 24.7 Å². The van der Waals surface area contributed by atoms with Crippen molar-refractivity contribution in [1.82, 2.24) is 0 Å². The van der Waals surface area contributed by atoms with Gasteiger partial charge in [-0.25, -0.2) is 0 Å². The second-order valence-corrected chi connectivity index (χ2v) is 5.98. The molecule has 0 spiro atoms. The first-order chi connectivity index (χ1) is 9.08. The van der Waals surface area contributed by atoms with Crippen LogP contribution in [-0.4, -0.2) is 11.8 Å². The minimum Gasteiger partial charge on any atom is -0.274 e. The number of benzene rings is 1. The Kier molecular flexibility index (Phi) is 2.92. The molecule has 1 aromatic carbocycles. The second-order valence-electron chi connectivity index (χ2n) is 5.98. The molecule has 1 saturated heterocycles. The number of imide groups is 1. The van der Waals surface area contributed by atoms with Crippen molar-refractivity contribution in [3.63, 3.8) is 0 Å². The molecule has 1 aromatic rings. The highest BCUT2D eigenvalue weighted by Crippen LogP contribution is 2.42. The van der Waals surface area contributed by atoms with Crippen LogP contribution in [0.1, 0.15) is 31.7 Å². The van der Waals surface area contributed by atoms with Gasteiger partial charge in [-0.15, -0.1) is 0 Å². The lowest BCUT2D eigenvalue weighted by molar-refractivity contribution is -0.122. The minimum atomic E-state index is -0.0863. The van der Waals surface area contributed by atoms with Gasteiger partial charge in [-0.05, 0) is 49.8 Å². The molecular formula is C16H19NO2. The Labute approximate surface area is 113 Å². The number of hydrogen-bond acceptors (Lipinski definition) is 2. The molecule has 1 aliphatic heterocycles. The van der Waals surface area contributed by atoms with Crippen LogP contribution in [0.15, 0.2) is 24.3 Å². The van der Waals surface area contributed by atoms with E-state index < -0.39 is 0 Å². The lowest BCUT2D eigenvalue weighted by Crippen LogP contribution is -2.30. The quantitative estimate of drug-likeness (QED) is 0.725. The molecule has 0 aromatic heterocycles. The number of anilines is 1. The Balaban J connectivity index is 1.95. The molecule has 1 saturated carbocycles. The number of fused-ring (bicyclic) bond motifs is 1. The fourth-order valence-corrected chi connectivity index (χ4v) is 3.41. The average molecular weight is 257 g/mol. The van der Waals surface area contributed by atoms with Crippen LogP contribution in [0.25, 0.3) is 0 Å². The maximum Gasteiger partial charge on any atom is 0.237 e. The Morgan fingerprint density at radius 3 is 2.58 bits per heavy atom. The van der Waals surface area contributed by atoms with E-state index in [0.717, 1.165) is 30.5 Å². The van der Waals surface area contributed by atoms with Gasteiger partial charge in [0.2, 0.25) is 11.8 Å². The summed E-state index contributed by atoms with van der Waals surface area (Å²) in [5, 5.41) is 0. The summed E-state index contributed by atoms with van der Waals surface area (Å²) in [7, 11) is 0. The molecule has 3 rings (SSSR count). The van der Waals surface area contributed by atoms with Gasteiger partial charge in [0.1, 0.15) is 0 Å². The highest BCUT2D eigenvalue weighted by atomic mass is 16.2. The smallest absolute Gasteiger partial charge is 0.237 e. The zero-order chi connectivity index (χ0) is 13.6. The predicted octanol–water partition coefficient (Wildman–Crippen LogP) is 2.92. The fourth-order valence-electron chi connectivity index (χ4n) is 3.41. The largest absolute Gasteiger partial charge is 0.274 e. The van der Waals surface area contributed by atoms with Gasteiger partial charge in [-0.1, -0.05) is 19.1 Å². The van der Waals surface area contributed by atoms with E-state index in [1.54, 1.807) is 0 Å². The third-order valence-corrected chi connectivity index (χ3v) is 4.45. The Bertz CT molecular complexity index is 537. The van der Waals surface area contributed by atoms with Gasteiger partial charge in [-0.2, -0.15) is 0 Å². The third-order valence-electron chi connectivity index (χ3n) is 4.45. The average Bonchev–Trinajstić information content (AvgIpc) is 2.61. The first-order valence-electron chi connectivity index (χ1n) is 7.02. The highest BCUT2D eigenvalue weighted by Gasteiger charge is 2.49. The molecule has 19 heavy (non-hydrogen) atoms. The van der Waals surface area contributed by atoms with Crippen LogP contribution in [0.2, 0.25) is 0 Å². The second kappa shape index (κ2) is 4.48. The van der Waals surface area contributed by atoms with E-state index in [2.05, 4.69) is 6.92 Å². The summed E-state index contributed by atoms with van der Waals surface area (Å²) in [5.41, 5.74) is 1.80. The molecule has 3 nitrogen and oxygen atoms in total. The molecule has 2 fully saturated rings. The highest BCUT2D eigenvalue weighted by molar-refractivity contribution is 6.22. The summed E-state index contributed by atoms with van der Waals surface area (Å²) in [6.07, 6.45) is 2.78. The molecule has 0 radical (unpaired) electrons. The molecular weight excluding hydrogens is 238 g/mol. The van der Waals surface area contributed by atoms with Crippen LogP contribution in [0.5, 0.6) is 0 Å². The SMILES string of the molecule is Cc1cccc(N2C(=O)[C@@H]3CC[C@H](C)C[C@H]3C2=O)c1. The first kappa shape index (κ1) is 12.4. The summed E-state index contributed by atoms with van der Waals surface area (Å²) in [6.45, 7) is 4.15. The number of carbonyl (C=O) groups is 2. The van der Waals surface area contributed by atoms with Crippen molar-refractivity contribution >= 4 is 17.5 Å². The molecule has 0 N–H and O–H groups in total. The van der Waals surface area contributed by atoms with Crippen molar-refractivity contribution in [2.75, 3.05) is 4.90 Å². The van der Waals surface area contributed by atoms with E-state index >= 15 is 0 Å². The van der Waals surface area contributed by atoms with E-state index in [9.17, 15) is 9.59 Å². The summed E-state index contributed by atoms with van der Waals surface area (Å²) in [6, 6.07) is 7.64. The van der Waals surface area contributed by atoms with Crippen molar-refractivity contribution in [1.29, 1.82) is 0 Å². The topological polar surface area (TPSA) is 37.4 Å². The normalized spacial score (nSPS) is 30.6. The Hall–Kier alpha value is -1.64. The number of amides is 2. The van der Waals surface area contributed by atoms with Crippen LogP contribution in [0.3, 0.4) is 0 Å². The number of carbonyl (C=O) groups excluding carboxylic acids is 2. The third kappa shape index (κ3) is 1.97. The molecule has 0 unspecified atom stereocenters. The lowest BCUT2D eigenvalue weighted by Gasteiger charge is -2.25. The molecule has 1 heterocycles. The molecule has 3 heteroatoms. The van der Waals surface area contributed by atoms with Crippen molar-refractivity contribution < 1.29 is 9.59 Å². The van der Waals surface area contributed by atoms with Crippen LogP contribution in [-0.2, 0) is 9.59 Å². The number of hydrogen-bond donors (Lipinski definition) is 0. The Morgan fingerprint density at radius 2 is 1.84 bits per heavy atom. The van der Waals surface area contributed by atoms with E-state index in [4.69, 9.17) is 0 Å². The van der Waals surface area contributed by atoms with Crippen molar-refractivity contribution in [3.8, 4) is 0 Å². The van der Waals surface area contributed by atoms with Crippen molar-refractivity contribution in [3.05, 3.63) is 29.8 Å². The Morgan fingerprint density at radius 1 is 1.11 bits per heavy atom. The van der Waals surface area contributed by atoms with Gasteiger partial charge in [0, 0.05) is 0 Å². The fraction of sp³-hybridized carbons (Fsp3) is 0.500. The van der Waals surface area contributed by atoms with E-state index in [1.165, 1.54) is 4.90 Å². The van der Waals surface area contributed by atoms with Crippen LogP contribution in [0.4, 0.5) is 5.69 Å². The molecule has 1 aliphatic carbocycles. The molecule has 2 aliphatic rings. The zero-order valence-electron chi connectivity index (χ0n) is 11.4. The van der Waals surface area contributed by atoms with Crippen molar-refractivity contribution in [2.45, 2.75) is 33.1 Å². The molecule has 3 atom stereocenters. The first-order valence-corrected chi connectivity index (χ1v) is 7.02. The maximum absolute atomic E-state index is 12.5. The molecule has 2 amide bonds. The van der Waals surface area contributed by atoms with Gasteiger partial charge in [0.15, 0.2) is 0 Å². The predicted molar refractivity (Wildman–Crippen MR) is 73.7 cm³/mol. The van der Waals surface area contributed by atoms with Gasteiger partial charge in [0.25, 0.3) is 0 Å². The number of rotatable bonds is 1. The maximum atomic E-state index is 12.5. The van der Waals surface area contributed by atoms with Crippen LogP contribution < -0.4 is 4.90 Å². The summed E-state index contributed by atoms with van der Waals surface area (Å²) >= 11 is 0. The minimum absolute atomic E-state index is 0.00662. The number of nitrogens with zero attached hydrogens (tertiary/aromatic N) is 1. The zero-order valence-corrected chi connectivity index (χ0v) is 11.4. The monoisotopic (exact) mass is 257 g/mol. The van der Waals surface area contributed by atoms with E-state index in [0.29, 0.717) is 5.92 Å². The molecule has 0 bridgehead atoms. The standard InChI is InChI=1S/C16H19NO2/c1-10-4-3-5-12(8-10)17-15(18)13-7-6-11(2)9-14(13)16(17)19/h3-5,8,11,13-14H,6-7,9H2,1-2H3/t11-,13+,14+/m0/s1. The number of aryl methyl sites for hydroxylation is 1. The molecule has 100 valence electrons. The van der Waals surface area contributed by atoms with Gasteiger partial charge < -0.3 is 0 Å². The van der Waals surface area contributed by atoms with E-state index in [1.807, 2.05) is 31.2 Å². The van der Waals surface area contributed by atoms with Gasteiger partial charge >= 0.3 is 0 Å². The van der Waals surface area contributed by atoms with Gasteiger partial charge in [0.05, 0.1) is 17.5 Å². The summed E-state index contributed by atoms with van der Waals surface area (Å²) < 4.78 is 0. The van der Waals surface area contributed by atoms with E-state index in [-0.39, 0.29) is 23.7 Å². The van der Waals surface area contributed by atoms with Crippen LogP contribution >= 0.6 is 0 Å². The summed E-state index contributed by atoms with van der Waals surface area (Å²) in [5.74, 6) is 0.399. The van der Waals surface area contributed by atoms with Gasteiger partial charge in [-0.3, -0.25) is 14.5 Å². The van der Waals surface area contributed by atoms with Crippen molar-refractivity contribution in [2.24, 2.45) is 17.8 Å². The summed E-state index contributed by atoms with van der Waals surface area (Å²) in [4.78, 5) is 26.4. The lowest BCUT2D eigenvalue weighted by atomic mass is 9.76.